The van der Waals surface area contributed by atoms with Crippen LogP contribution in [0.3, 0.4) is 0 Å². The summed E-state index contributed by atoms with van der Waals surface area (Å²) in [5.41, 5.74) is 0. The first-order chi connectivity index (χ1) is 10.7. The van der Waals surface area contributed by atoms with E-state index in [9.17, 15) is 4.79 Å². The zero-order valence-electron chi connectivity index (χ0n) is 15.7. The smallest absolute Gasteiger partial charge is 0.222 e. The molecule has 2 nitrogen and oxygen atoms in total. The minimum Gasteiger partial charge on any atom is -0.346 e. The van der Waals surface area contributed by atoms with E-state index in [0.717, 1.165) is 19.4 Å². The summed E-state index contributed by atoms with van der Waals surface area (Å²) in [7, 11) is 1.97. The van der Waals surface area contributed by atoms with Gasteiger partial charge in [-0.15, -0.1) is 0 Å². The normalized spacial score (nSPS) is 10.9. The maximum Gasteiger partial charge on any atom is 0.222 e. The molecule has 0 rings (SSSR count). The van der Waals surface area contributed by atoms with Crippen LogP contribution < -0.4 is 0 Å². The van der Waals surface area contributed by atoms with Crippen LogP contribution in [-0.4, -0.2) is 24.4 Å². The van der Waals surface area contributed by atoms with E-state index in [1.807, 2.05) is 11.9 Å². The van der Waals surface area contributed by atoms with Gasteiger partial charge in [0, 0.05) is 20.0 Å². The molecule has 0 aromatic rings. The summed E-state index contributed by atoms with van der Waals surface area (Å²) >= 11 is 0. The molecule has 0 heterocycles. The molecule has 1 amide bonds. The highest BCUT2D eigenvalue weighted by Gasteiger charge is 2.07. The first-order valence-electron chi connectivity index (χ1n) is 9.96. The molecule has 0 spiro atoms. The number of hydrogen-bond acceptors (Lipinski definition) is 1. The van der Waals surface area contributed by atoms with E-state index < -0.39 is 0 Å². The molecule has 0 aromatic carbocycles. The van der Waals surface area contributed by atoms with Crippen LogP contribution in [0.1, 0.15) is 110 Å². The number of carbonyl (C=O) groups excluding carboxylic acids is 1. The third-order valence-electron chi connectivity index (χ3n) is 4.52. The lowest BCUT2D eigenvalue weighted by Crippen LogP contribution is -2.27. The second kappa shape index (κ2) is 16.8. The monoisotopic (exact) mass is 311 g/mol. The van der Waals surface area contributed by atoms with Gasteiger partial charge in [-0.3, -0.25) is 4.79 Å². The molecule has 132 valence electrons. The molecule has 0 atom stereocenters. The highest BCUT2D eigenvalue weighted by atomic mass is 16.2. The average molecular weight is 312 g/mol. The van der Waals surface area contributed by atoms with Crippen LogP contribution in [-0.2, 0) is 4.79 Å². The van der Waals surface area contributed by atoms with E-state index >= 15 is 0 Å². The highest BCUT2D eigenvalue weighted by Crippen LogP contribution is 2.10. The molecule has 0 N–H and O–H groups in total. The van der Waals surface area contributed by atoms with Crippen LogP contribution in [0.2, 0.25) is 0 Å². The van der Waals surface area contributed by atoms with Crippen molar-refractivity contribution < 1.29 is 4.79 Å². The predicted molar refractivity (Wildman–Crippen MR) is 98.2 cm³/mol. The first kappa shape index (κ1) is 21.5. The van der Waals surface area contributed by atoms with Gasteiger partial charge in [-0.05, 0) is 12.8 Å². The van der Waals surface area contributed by atoms with Crippen molar-refractivity contribution in [2.24, 2.45) is 0 Å². The summed E-state index contributed by atoms with van der Waals surface area (Å²) in [6, 6.07) is 0. The Labute approximate surface area is 140 Å². The number of amides is 1. The van der Waals surface area contributed by atoms with Gasteiger partial charge in [-0.25, -0.2) is 0 Å². The van der Waals surface area contributed by atoms with Crippen LogP contribution >= 0.6 is 0 Å². The van der Waals surface area contributed by atoms with E-state index in [-0.39, 0.29) is 0 Å². The van der Waals surface area contributed by atoms with Crippen molar-refractivity contribution in [1.29, 1.82) is 0 Å². The molecule has 0 bridgehead atoms. The fourth-order valence-corrected chi connectivity index (χ4v) is 2.85. The van der Waals surface area contributed by atoms with Gasteiger partial charge in [0.25, 0.3) is 0 Å². The lowest BCUT2D eigenvalue weighted by Gasteiger charge is -2.17. The lowest BCUT2D eigenvalue weighted by atomic mass is 10.1. The maximum atomic E-state index is 12.0. The molecule has 0 fully saturated rings. The van der Waals surface area contributed by atoms with Crippen molar-refractivity contribution in [1.82, 2.24) is 4.90 Å². The second-order valence-electron chi connectivity index (χ2n) is 6.81. The van der Waals surface area contributed by atoms with Crippen LogP contribution in [0.15, 0.2) is 0 Å². The minimum absolute atomic E-state index is 0.347. The summed E-state index contributed by atoms with van der Waals surface area (Å²) in [6.45, 7) is 5.45. The van der Waals surface area contributed by atoms with Crippen LogP contribution in [0.4, 0.5) is 0 Å². The number of nitrogens with zero attached hydrogens (tertiary/aromatic N) is 1. The zero-order valence-corrected chi connectivity index (χ0v) is 15.7. The summed E-state index contributed by atoms with van der Waals surface area (Å²) in [5, 5.41) is 0. The summed E-state index contributed by atoms with van der Waals surface area (Å²) in [5.74, 6) is 0.347. The van der Waals surface area contributed by atoms with Gasteiger partial charge in [-0.2, -0.15) is 0 Å². The standard InChI is InChI=1S/C20H41NO/c1-4-6-8-10-12-14-16-18-20(22)21(3)19-17-15-13-11-9-7-5-2/h4-19H2,1-3H3. The highest BCUT2D eigenvalue weighted by molar-refractivity contribution is 5.75. The summed E-state index contributed by atoms with van der Waals surface area (Å²) in [6.07, 6.45) is 18.9. The Balaban J connectivity index is 3.36. The third kappa shape index (κ3) is 14.4. The van der Waals surface area contributed by atoms with E-state index in [0.29, 0.717) is 5.91 Å². The lowest BCUT2D eigenvalue weighted by molar-refractivity contribution is -0.130. The Bertz CT molecular complexity index is 240. The molecule has 2 heteroatoms. The topological polar surface area (TPSA) is 20.3 Å². The summed E-state index contributed by atoms with van der Waals surface area (Å²) < 4.78 is 0. The van der Waals surface area contributed by atoms with Crippen molar-refractivity contribution >= 4 is 5.91 Å². The van der Waals surface area contributed by atoms with Gasteiger partial charge in [0.1, 0.15) is 0 Å². The molecule has 0 aliphatic heterocycles. The quantitative estimate of drug-likeness (QED) is 0.305. The fourth-order valence-electron chi connectivity index (χ4n) is 2.85. The Hall–Kier alpha value is -0.530. The van der Waals surface area contributed by atoms with Crippen molar-refractivity contribution in [3.05, 3.63) is 0 Å². The van der Waals surface area contributed by atoms with Crippen LogP contribution in [0.5, 0.6) is 0 Å². The number of hydrogen-bond donors (Lipinski definition) is 0. The number of unbranched alkanes of at least 4 members (excludes halogenated alkanes) is 12. The number of rotatable bonds is 16. The fraction of sp³-hybridized carbons (Fsp3) is 0.950. The van der Waals surface area contributed by atoms with E-state index in [1.165, 1.54) is 83.5 Å². The molecule has 0 aliphatic carbocycles. The van der Waals surface area contributed by atoms with Gasteiger partial charge >= 0.3 is 0 Å². The van der Waals surface area contributed by atoms with Crippen molar-refractivity contribution in [3.8, 4) is 0 Å². The zero-order chi connectivity index (χ0) is 16.5. The van der Waals surface area contributed by atoms with Gasteiger partial charge in [0.05, 0.1) is 0 Å². The molecule has 0 radical (unpaired) electrons. The van der Waals surface area contributed by atoms with Crippen molar-refractivity contribution in [2.75, 3.05) is 13.6 Å². The largest absolute Gasteiger partial charge is 0.346 e. The van der Waals surface area contributed by atoms with E-state index in [4.69, 9.17) is 0 Å². The second-order valence-corrected chi connectivity index (χ2v) is 6.81. The molecule has 0 aromatic heterocycles. The van der Waals surface area contributed by atoms with Gasteiger partial charge < -0.3 is 4.90 Å². The Morgan fingerprint density at radius 2 is 1.05 bits per heavy atom. The van der Waals surface area contributed by atoms with E-state index in [1.54, 1.807) is 0 Å². The van der Waals surface area contributed by atoms with Crippen LogP contribution in [0, 0.1) is 0 Å². The van der Waals surface area contributed by atoms with Gasteiger partial charge in [0.2, 0.25) is 5.91 Å². The van der Waals surface area contributed by atoms with Crippen molar-refractivity contribution in [3.63, 3.8) is 0 Å². The average Bonchev–Trinajstić information content (AvgIpc) is 2.52. The first-order valence-corrected chi connectivity index (χ1v) is 9.96. The third-order valence-corrected chi connectivity index (χ3v) is 4.52. The molecular formula is C20H41NO. The molecule has 0 saturated heterocycles. The SMILES string of the molecule is CCCCCCCCCC(=O)N(C)CCCCCCCCC. The van der Waals surface area contributed by atoms with Crippen molar-refractivity contribution in [2.45, 2.75) is 110 Å². The molecule has 0 saturated carbocycles. The maximum absolute atomic E-state index is 12.0. The Morgan fingerprint density at radius 1 is 0.636 bits per heavy atom. The van der Waals surface area contributed by atoms with E-state index in [2.05, 4.69) is 13.8 Å². The molecule has 0 aliphatic rings. The Kier molecular flexibility index (Phi) is 16.4. The molecule has 22 heavy (non-hydrogen) atoms. The Morgan fingerprint density at radius 3 is 1.55 bits per heavy atom. The van der Waals surface area contributed by atoms with Gasteiger partial charge in [-0.1, -0.05) is 90.9 Å². The number of carbonyl (C=O) groups is 1. The van der Waals surface area contributed by atoms with Crippen LogP contribution in [0.25, 0.3) is 0 Å². The molecular weight excluding hydrogens is 270 g/mol. The van der Waals surface area contributed by atoms with Gasteiger partial charge in [0.15, 0.2) is 0 Å². The molecule has 0 unspecified atom stereocenters. The minimum atomic E-state index is 0.347. The predicted octanol–water partition coefficient (Wildman–Crippen LogP) is 6.34. The summed E-state index contributed by atoms with van der Waals surface area (Å²) in [4.78, 5) is 14.0.